The largest absolute Gasteiger partial charge is 0.506 e. The molecule has 4 nitrogen and oxygen atoms in total. The maximum absolute atomic E-state index is 9.34. The number of benzene rings is 1. The first kappa shape index (κ1) is 13.3. The van der Waals surface area contributed by atoms with Gasteiger partial charge in [-0.05, 0) is 31.2 Å². The number of hydrogen-bond donors (Lipinski definition) is 2. The van der Waals surface area contributed by atoms with E-state index in [2.05, 4.69) is 17.9 Å². The van der Waals surface area contributed by atoms with E-state index in [1.165, 1.54) is 0 Å². The van der Waals surface area contributed by atoms with Gasteiger partial charge in [0, 0.05) is 13.1 Å². The van der Waals surface area contributed by atoms with Crippen LogP contribution in [0.4, 0.5) is 5.69 Å². The average molecular weight is 233 g/mol. The van der Waals surface area contributed by atoms with E-state index in [0.29, 0.717) is 5.69 Å². The molecule has 1 unspecified atom stereocenters. The van der Waals surface area contributed by atoms with E-state index in [4.69, 9.17) is 11.0 Å². The Hall–Kier alpha value is -1.73. The van der Waals surface area contributed by atoms with Crippen LogP contribution in [0, 0.1) is 17.2 Å². The zero-order valence-electron chi connectivity index (χ0n) is 10.3. The lowest BCUT2D eigenvalue weighted by molar-refractivity contribution is 0.260. The number of phenols is 1. The molecule has 0 amide bonds. The summed E-state index contributed by atoms with van der Waals surface area (Å²) in [7, 11) is 0. The fourth-order valence-corrected chi connectivity index (χ4v) is 1.69. The van der Waals surface area contributed by atoms with Crippen molar-refractivity contribution < 1.29 is 5.11 Å². The van der Waals surface area contributed by atoms with Crippen LogP contribution in [0.1, 0.15) is 19.4 Å². The topological polar surface area (TPSA) is 73.3 Å². The number of nitrogen functional groups attached to an aromatic ring is 1. The molecule has 0 aliphatic carbocycles. The molecule has 0 saturated carbocycles. The second kappa shape index (κ2) is 6.12. The summed E-state index contributed by atoms with van der Waals surface area (Å²) < 4.78 is 0. The molecule has 1 aromatic carbocycles. The molecule has 4 heteroatoms. The van der Waals surface area contributed by atoms with Crippen molar-refractivity contribution in [1.82, 2.24) is 4.90 Å². The standard InChI is InChI=1S/C13H19N3O/c1-3-16(8-10(2)7-14)9-11-4-5-13(17)12(15)6-11/h4-6,10,17H,3,8-9,15H2,1-2H3. The van der Waals surface area contributed by atoms with E-state index >= 15 is 0 Å². The Balaban J connectivity index is 2.67. The van der Waals surface area contributed by atoms with Gasteiger partial charge in [-0.1, -0.05) is 13.0 Å². The molecule has 0 aliphatic rings. The van der Waals surface area contributed by atoms with Crippen LogP contribution in [0.3, 0.4) is 0 Å². The molecule has 0 spiro atoms. The highest BCUT2D eigenvalue weighted by Gasteiger charge is 2.09. The van der Waals surface area contributed by atoms with Crippen molar-refractivity contribution in [2.24, 2.45) is 5.92 Å². The average Bonchev–Trinajstić information content (AvgIpc) is 2.32. The molecule has 0 aromatic heterocycles. The van der Waals surface area contributed by atoms with Crippen LogP contribution in [-0.2, 0) is 6.54 Å². The number of rotatable bonds is 5. The smallest absolute Gasteiger partial charge is 0.138 e. The maximum atomic E-state index is 9.34. The quantitative estimate of drug-likeness (QED) is 0.602. The first-order valence-corrected chi connectivity index (χ1v) is 5.76. The second-order valence-electron chi connectivity index (χ2n) is 4.25. The SMILES string of the molecule is CCN(Cc1ccc(O)c(N)c1)CC(C)C#N. The van der Waals surface area contributed by atoms with E-state index in [9.17, 15) is 5.11 Å². The molecule has 0 fully saturated rings. The summed E-state index contributed by atoms with van der Waals surface area (Å²) in [5.74, 6) is 0.131. The van der Waals surface area contributed by atoms with Crippen LogP contribution in [0.5, 0.6) is 5.75 Å². The van der Waals surface area contributed by atoms with Gasteiger partial charge >= 0.3 is 0 Å². The van der Waals surface area contributed by atoms with Crippen LogP contribution < -0.4 is 5.73 Å². The Bertz CT molecular complexity index is 412. The summed E-state index contributed by atoms with van der Waals surface area (Å²) in [5.41, 5.74) is 7.09. The molecule has 92 valence electrons. The molecule has 0 radical (unpaired) electrons. The Morgan fingerprint density at radius 2 is 2.24 bits per heavy atom. The van der Waals surface area contributed by atoms with Crippen LogP contribution in [0.15, 0.2) is 18.2 Å². The first-order valence-electron chi connectivity index (χ1n) is 5.76. The van der Waals surface area contributed by atoms with Gasteiger partial charge in [0.05, 0.1) is 17.7 Å². The molecule has 0 saturated heterocycles. The second-order valence-corrected chi connectivity index (χ2v) is 4.25. The number of anilines is 1. The van der Waals surface area contributed by atoms with Gasteiger partial charge in [-0.15, -0.1) is 0 Å². The fraction of sp³-hybridized carbons (Fsp3) is 0.462. The number of nitriles is 1. The number of nitrogens with zero attached hydrogens (tertiary/aromatic N) is 2. The van der Waals surface area contributed by atoms with Gasteiger partial charge in [-0.25, -0.2) is 0 Å². The normalized spacial score (nSPS) is 12.4. The number of hydrogen-bond acceptors (Lipinski definition) is 4. The predicted octanol–water partition coefficient (Wildman–Crippen LogP) is 1.96. The van der Waals surface area contributed by atoms with Gasteiger partial charge in [0.15, 0.2) is 0 Å². The summed E-state index contributed by atoms with van der Waals surface area (Å²) in [4.78, 5) is 2.18. The molecule has 17 heavy (non-hydrogen) atoms. The van der Waals surface area contributed by atoms with E-state index in [1.807, 2.05) is 13.0 Å². The minimum absolute atomic E-state index is 0.0180. The predicted molar refractivity (Wildman–Crippen MR) is 68.2 cm³/mol. The zero-order valence-corrected chi connectivity index (χ0v) is 10.3. The van der Waals surface area contributed by atoms with Gasteiger partial charge in [0.25, 0.3) is 0 Å². The van der Waals surface area contributed by atoms with Gasteiger partial charge < -0.3 is 10.8 Å². The monoisotopic (exact) mass is 233 g/mol. The van der Waals surface area contributed by atoms with Crippen molar-refractivity contribution >= 4 is 5.69 Å². The van der Waals surface area contributed by atoms with E-state index in [1.54, 1.807) is 12.1 Å². The molecular weight excluding hydrogens is 214 g/mol. The first-order chi connectivity index (χ1) is 8.06. The number of nitrogens with two attached hydrogens (primary N) is 1. The Morgan fingerprint density at radius 1 is 1.53 bits per heavy atom. The van der Waals surface area contributed by atoms with Crippen molar-refractivity contribution in [3.63, 3.8) is 0 Å². The van der Waals surface area contributed by atoms with Gasteiger partial charge in [0.1, 0.15) is 5.75 Å². The summed E-state index contributed by atoms with van der Waals surface area (Å²) >= 11 is 0. The Labute approximate surface area is 102 Å². The maximum Gasteiger partial charge on any atom is 0.138 e. The van der Waals surface area contributed by atoms with Crippen molar-refractivity contribution in [3.8, 4) is 11.8 Å². The zero-order chi connectivity index (χ0) is 12.8. The lowest BCUT2D eigenvalue weighted by Gasteiger charge is -2.21. The Kier molecular flexibility index (Phi) is 4.80. The van der Waals surface area contributed by atoms with E-state index in [-0.39, 0.29) is 11.7 Å². The minimum Gasteiger partial charge on any atom is -0.506 e. The number of aromatic hydroxyl groups is 1. The fourth-order valence-electron chi connectivity index (χ4n) is 1.69. The summed E-state index contributed by atoms with van der Waals surface area (Å²) in [6.07, 6.45) is 0. The molecular formula is C13H19N3O. The van der Waals surface area contributed by atoms with Crippen LogP contribution >= 0.6 is 0 Å². The van der Waals surface area contributed by atoms with Gasteiger partial charge in [0.2, 0.25) is 0 Å². The highest BCUT2D eigenvalue weighted by molar-refractivity contribution is 5.53. The van der Waals surface area contributed by atoms with Crippen molar-refractivity contribution in [2.45, 2.75) is 20.4 Å². The van der Waals surface area contributed by atoms with E-state index in [0.717, 1.165) is 25.2 Å². The summed E-state index contributed by atoms with van der Waals surface area (Å²) in [5, 5.41) is 18.1. The summed E-state index contributed by atoms with van der Waals surface area (Å²) in [6, 6.07) is 7.46. The number of phenolic OH excluding ortho intramolecular Hbond substituents is 1. The van der Waals surface area contributed by atoms with Crippen molar-refractivity contribution in [2.75, 3.05) is 18.8 Å². The van der Waals surface area contributed by atoms with Crippen LogP contribution in [0.2, 0.25) is 0 Å². The van der Waals surface area contributed by atoms with Crippen molar-refractivity contribution in [1.29, 1.82) is 5.26 Å². The summed E-state index contributed by atoms with van der Waals surface area (Å²) in [6.45, 7) is 6.34. The third kappa shape index (κ3) is 3.97. The highest BCUT2D eigenvalue weighted by atomic mass is 16.3. The van der Waals surface area contributed by atoms with E-state index < -0.39 is 0 Å². The molecule has 1 rings (SSSR count). The minimum atomic E-state index is 0.0180. The van der Waals surface area contributed by atoms with Crippen LogP contribution in [-0.4, -0.2) is 23.1 Å². The molecule has 0 heterocycles. The third-order valence-electron chi connectivity index (χ3n) is 2.70. The molecule has 0 aliphatic heterocycles. The van der Waals surface area contributed by atoms with Crippen LogP contribution in [0.25, 0.3) is 0 Å². The van der Waals surface area contributed by atoms with Crippen molar-refractivity contribution in [3.05, 3.63) is 23.8 Å². The molecule has 1 aromatic rings. The van der Waals surface area contributed by atoms with Gasteiger partial charge in [-0.2, -0.15) is 5.26 Å². The Morgan fingerprint density at radius 3 is 2.76 bits per heavy atom. The lowest BCUT2D eigenvalue weighted by Crippen LogP contribution is -2.27. The highest BCUT2D eigenvalue weighted by Crippen LogP contribution is 2.21. The van der Waals surface area contributed by atoms with Gasteiger partial charge in [-0.3, -0.25) is 4.90 Å². The molecule has 0 bridgehead atoms. The third-order valence-corrected chi connectivity index (χ3v) is 2.70. The lowest BCUT2D eigenvalue weighted by atomic mass is 10.1. The molecule has 3 N–H and O–H groups in total. The molecule has 1 atom stereocenters.